The molecule has 0 fully saturated rings. The van der Waals surface area contributed by atoms with E-state index in [0.717, 1.165) is 10.9 Å². The second-order valence-electron chi connectivity index (χ2n) is 4.54. The van der Waals surface area contributed by atoms with Crippen LogP contribution >= 0.6 is 0 Å². The number of aromatic amines is 1. The highest BCUT2D eigenvalue weighted by Crippen LogP contribution is 2.22. The Bertz CT molecular complexity index is 575. The molecule has 0 bridgehead atoms. The number of hydrogen-bond donors (Lipinski definition) is 3. The number of hydrogen-bond acceptors (Lipinski definition) is 3. The molecule has 5 heteroatoms. The highest BCUT2D eigenvalue weighted by atomic mass is 16.3. The maximum Gasteiger partial charge on any atom is 0.255 e. The van der Waals surface area contributed by atoms with Crippen LogP contribution in [0.4, 0.5) is 5.69 Å². The summed E-state index contributed by atoms with van der Waals surface area (Å²) in [6, 6.07) is 5.40. The van der Waals surface area contributed by atoms with Crippen LogP contribution in [0.15, 0.2) is 24.4 Å². The molecule has 1 heterocycles. The number of aromatic nitrogens is 1. The Morgan fingerprint density at radius 3 is 2.94 bits per heavy atom. The van der Waals surface area contributed by atoms with Gasteiger partial charge in [0.1, 0.15) is 0 Å². The SMILES string of the molecule is CC(O)CN(C)C(=O)c1c[nH]c2ccc(N)cc12. The molecule has 4 N–H and O–H groups in total. The summed E-state index contributed by atoms with van der Waals surface area (Å²) in [6.45, 7) is 1.95. The molecule has 0 aliphatic heterocycles. The molecule has 0 radical (unpaired) electrons. The van der Waals surface area contributed by atoms with Crippen molar-refractivity contribution in [1.82, 2.24) is 9.88 Å². The molecule has 1 aromatic heterocycles. The number of carbonyl (C=O) groups is 1. The van der Waals surface area contributed by atoms with Crippen molar-refractivity contribution in [3.8, 4) is 0 Å². The molecule has 2 aromatic rings. The molecular formula is C13H17N3O2. The fourth-order valence-electron chi connectivity index (χ4n) is 2.00. The Morgan fingerprint density at radius 2 is 2.28 bits per heavy atom. The third-order valence-corrected chi connectivity index (χ3v) is 2.82. The second kappa shape index (κ2) is 4.70. The fraction of sp³-hybridized carbons (Fsp3) is 0.308. The average molecular weight is 247 g/mol. The lowest BCUT2D eigenvalue weighted by atomic mass is 10.1. The van der Waals surface area contributed by atoms with E-state index in [2.05, 4.69) is 4.98 Å². The first-order valence-electron chi connectivity index (χ1n) is 5.79. The van der Waals surface area contributed by atoms with Gasteiger partial charge in [-0.15, -0.1) is 0 Å². The molecule has 0 spiro atoms. The molecule has 2 rings (SSSR count). The topological polar surface area (TPSA) is 82.3 Å². The van der Waals surface area contributed by atoms with Gasteiger partial charge in [-0.05, 0) is 25.1 Å². The predicted octanol–water partition coefficient (Wildman–Crippen LogP) is 1.20. The van der Waals surface area contributed by atoms with Crippen molar-refractivity contribution in [2.45, 2.75) is 13.0 Å². The summed E-state index contributed by atoms with van der Waals surface area (Å²) in [4.78, 5) is 16.8. The number of benzene rings is 1. The van der Waals surface area contributed by atoms with Crippen molar-refractivity contribution < 1.29 is 9.90 Å². The van der Waals surface area contributed by atoms with Crippen LogP contribution in [0.2, 0.25) is 0 Å². The van der Waals surface area contributed by atoms with Crippen molar-refractivity contribution >= 4 is 22.5 Å². The standard InChI is InChI=1S/C13H17N3O2/c1-8(17)7-16(2)13(18)11-6-15-12-4-3-9(14)5-10(11)12/h3-6,8,15,17H,7,14H2,1-2H3. The van der Waals surface area contributed by atoms with Gasteiger partial charge in [0.25, 0.3) is 5.91 Å². The number of nitrogens with two attached hydrogens (primary N) is 1. The van der Waals surface area contributed by atoms with Crippen LogP contribution in [0.25, 0.3) is 10.9 Å². The number of carbonyl (C=O) groups excluding carboxylic acids is 1. The molecule has 0 aliphatic carbocycles. The van der Waals surface area contributed by atoms with E-state index >= 15 is 0 Å². The number of H-pyrrole nitrogens is 1. The maximum absolute atomic E-state index is 12.2. The number of aliphatic hydroxyl groups excluding tert-OH is 1. The number of rotatable bonds is 3. The van der Waals surface area contributed by atoms with Gasteiger partial charge in [0.05, 0.1) is 11.7 Å². The van der Waals surface area contributed by atoms with Gasteiger partial charge in [-0.2, -0.15) is 0 Å². The normalized spacial score (nSPS) is 12.6. The molecule has 0 saturated heterocycles. The van der Waals surface area contributed by atoms with Crippen LogP contribution in [-0.4, -0.2) is 40.6 Å². The molecule has 1 amide bonds. The third kappa shape index (κ3) is 2.31. The molecule has 18 heavy (non-hydrogen) atoms. The van der Waals surface area contributed by atoms with Crippen LogP contribution in [0.3, 0.4) is 0 Å². The number of likely N-dealkylation sites (N-methyl/N-ethyl adjacent to an activating group) is 1. The van der Waals surface area contributed by atoms with Crippen molar-refractivity contribution in [1.29, 1.82) is 0 Å². The number of nitrogen functional groups attached to an aromatic ring is 1. The minimum atomic E-state index is -0.547. The summed E-state index contributed by atoms with van der Waals surface area (Å²) in [6.07, 6.45) is 1.12. The number of fused-ring (bicyclic) bond motifs is 1. The molecule has 96 valence electrons. The van der Waals surface area contributed by atoms with E-state index in [1.807, 2.05) is 6.07 Å². The molecule has 0 saturated carbocycles. The zero-order valence-corrected chi connectivity index (χ0v) is 10.5. The van der Waals surface area contributed by atoms with E-state index in [0.29, 0.717) is 17.8 Å². The largest absolute Gasteiger partial charge is 0.399 e. The predicted molar refractivity (Wildman–Crippen MR) is 71.4 cm³/mol. The summed E-state index contributed by atoms with van der Waals surface area (Å²) in [5.74, 6) is -0.132. The molecule has 1 aromatic carbocycles. The minimum Gasteiger partial charge on any atom is -0.399 e. The van der Waals surface area contributed by atoms with E-state index in [9.17, 15) is 9.90 Å². The lowest BCUT2D eigenvalue weighted by Gasteiger charge is -2.18. The lowest BCUT2D eigenvalue weighted by molar-refractivity contribution is 0.0705. The number of nitrogens with one attached hydrogen (secondary N) is 1. The highest BCUT2D eigenvalue weighted by Gasteiger charge is 2.17. The third-order valence-electron chi connectivity index (χ3n) is 2.82. The molecule has 1 atom stereocenters. The highest BCUT2D eigenvalue weighted by molar-refractivity contribution is 6.07. The zero-order valence-electron chi connectivity index (χ0n) is 10.5. The van der Waals surface area contributed by atoms with Crippen molar-refractivity contribution in [3.63, 3.8) is 0 Å². The number of anilines is 1. The smallest absolute Gasteiger partial charge is 0.255 e. The Kier molecular flexibility index (Phi) is 3.25. The number of amides is 1. The Hall–Kier alpha value is -2.01. The summed E-state index contributed by atoms with van der Waals surface area (Å²) in [5.41, 5.74) is 7.79. The fourth-order valence-corrected chi connectivity index (χ4v) is 2.00. The van der Waals surface area contributed by atoms with Gasteiger partial charge in [0.15, 0.2) is 0 Å². The summed E-state index contributed by atoms with van der Waals surface area (Å²) in [5, 5.41) is 10.1. The minimum absolute atomic E-state index is 0.132. The number of aliphatic hydroxyl groups is 1. The van der Waals surface area contributed by atoms with E-state index in [4.69, 9.17) is 5.73 Å². The number of nitrogens with zero attached hydrogens (tertiary/aromatic N) is 1. The first-order valence-corrected chi connectivity index (χ1v) is 5.79. The van der Waals surface area contributed by atoms with Crippen LogP contribution in [0, 0.1) is 0 Å². The van der Waals surface area contributed by atoms with E-state index in [1.54, 1.807) is 32.3 Å². The van der Waals surface area contributed by atoms with Gasteiger partial charge < -0.3 is 20.7 Å². The first kappa shape index (κ1) is 12.4. The van der Waals surface area contributed by atoms with Crippen LogP contribution < -0.4 is 5.73 Å². The molecule has 1 unspecified atom stereocenters. The monoisotopic (exact) mass is 247 g/mol. The van der Waals surface area contributed by atoms with Crippen LogP contribution in [-0.2, 0) is 0 Å². The molecular weight excluding hydrogens is 230 g/mol. The lowest BCUT2D eigenvalue weighted by Crippen LogP contribution is -2.32. The quantitative estimate of drug-likeness (QED) is 0.713. The van der Waals surface area contributed by atoms with E-state index in [-0.39, 0.29) is 5.91 Å². The van der Waals surface area contributed by atoms with Crippen molar-refractivity contribution in [3.05, 3.63) is 30.0 Å². The van der Waals surface area contributed by atoms with Crippen LogP contribution in [0.5, 0.6) is 0 Å². The maximum atomic E-state index is 12.2. The Balaban J connectivity index is 2.36. The summed E-state index contributed by atoms with van der Waals surface area (Å²) < 4.78 is 0. The van der Waals surface area contributed by atoms with Gasteiger partial charge in [-0.1, -0.05) is 0 Å². The second-order valence-corrected chi connectivity index (χ2v) is 4.54. The van der Waals surface area contributed by atoms with Gasteiger partial charge in [0.2, 0.25) is 0 Å². The van der Waals surface area contributed by atoms with Crippen LogP contribution in [0.1, 0.15) is 17.3 Å². The first-order chi connectivity index (χ1) is 8.49. The van der Waals surface area contributed by atoms with Gasteiger partial charge in [-0.3, -0.25) is 4.79 Å². The molecule has 0 aliphatic rings. The Morgan fingerprint density at radius 1 is 1.56 bits per heavy atom. The zero-order chi connectivity index (χ0) is 13.3. The van der Waals surface area contributed by atoms with Gasteiger partial charge in [0, 0.05) is 36.4 Å². The van der Waals surface area contributed by atoms with Crippen molar-refractivity contribution in [2.24, 2.45) is 0 Å². The van der Waals surface area contributed by atoms with E-state index < -0.39 is 6.10 Å². The Labute approximate surface area is 105 Å². The molecule has 5 nitrogen and oxygen atoms in total. The van der Waals surface area contributed by atoms with Gasteiger partial charge >= 0.3 is 0 Å². The van der Waals surface area contributed by atoms with Gasteiger partial charge in [-0.25, -0.2) is 0 Å². The summed E-state index contributed by atoms with van der Waals surface area (Å²) >= 11 is 0. The average Bonchev–Trinajstić information content (AvgIpc) is 2.69. The van der Waals surface area contributed by atoms with E-state index in [1.165, 1.54) is 4.90 Å². The van der Waals surface area contributed by atoms with Crippen molar-refractivity contribution in [2.75, 3.05) is 19.3 Å². The summed E-state index contributed by atoms with van der Waals surface area (Å²) in [7, 11) is 1.67.